The van der Waals surface area contributed by atoms with Crippen molar-refractivity contribution in [3.8, 4) is 11.8 Å². The van der Waals surface area contributed by atoms with E-state index in [-0.39, 0.29) is 5.78 Å². The summed E-state index contributed by atoms with van der Waals surface area (Å²) in [5.41, 5.74) is 1.79. The minimum absolute atomic E-state index is 0.0106. The van der Waals surface area contributed by atoms with E-state index in [0.29, 0.717) is 0 Å². The van der Waals surface area contributed by atoms with Gasteiger partial charge in [0, 0.05) is 11.1 Å². The fourth-order valence-corrected chi connectivity index (χ4v) is 1.78. The summed E-state index contributed by atoms with van der Waals surface area (Å²) in [7, 11) is 0. The molecule has 0 bridgehead atoms. The van der Waals surface area contributed by atoms with Crippen LogP contribution in [0.15, 0.2) is 42.0 Å². The Labute approximate surface area is 96.2 Å². The van der Waals surface area contributed by atoms with Crippen LogP contribution in [0.4, 0.5) is 0 Å². The summed E-state index contributed by atoms with van der Waals surface area (Å²) in [5, 5.41) is 0. The van der Waals surface area contributed by atoms with Gasteiger partial charge in [0.15, 0.2) is 0 Å². The van der Waals surface area contributed by atoms with Crippen LogP contribution in [0, 0.1) is 11.8 Å². The molecule has 1 nitrogen and oxygen atoms in total. The van der Waals surface area contributed by atoms with E-state index in [4.69, 9.17) is 0 Å². The Kier molecular flexibility index (Phi) is 3.56. The van der Waals surface area contributed by atoms with E-state index in [9.17, 15) is 4.79 Å². The third-order valence-electron chi connectivity index (χ3n) is 2.68. The number of carbonyl (C=O) groups is 1. The van der Waals surface area contributed by atoms with Gasteiger partial charge in [-0.1, -0.05) is 30.2 Å². The predicted octanol–water partition coefficient (Wildman–Crippen LogP) is 3.11. The van der Waals surface area contributed by atoms with Gasteiger partial charge in [0.1, 0.15) is 0 Å². The molecule has 80 valence electrons. The summed E-state index contributed by atoms with van der Waals surface area (Å²) in [6, 6.07) is 9.62. The van der Waals surface area contributed by atoms with Crippen LogP contribution in [0.25, 0.3) is 0 Å². The highest BCUT2D eigenvalue weighted by molar-refractivity contribution is 6.08. The van der Waals surface area contributed by atoms with Gasteiger partial charge in [0.25, 0.3) is 0 Å². The van der Waals surface area contributed by atoms with Crippen LogP contribution >= 0.6 is 0 Å². The van der Waals surface area contributed by atoms with E-state index in [1.54, 1.807) is 0 Å². The Hall–Kier alpha value is -1.81. The zero-order valence-electron chi connectivity index (χ0n) is 9.20. The molecule has 0 aromatic heterocycles. The first-order valence-corrected chi connectivity index (χ1v) is 5.67. The van der Waals surface area contributed by atoms with Crippen molar-refractivity contribution < 1.29 is 4.79 Å². The smallest absolute Gasteiger partial charge is 0.231 e. The second-order valence-corrected chi connectivity index (χ2v) is 3.92. The van der Waals surface area contributed by atoms with Crippen LogP contribution < -0.4 is 0 Å². The lowest BCUT2D eigenvalue weighted by atomic mass is 9.96. The van der Waals surface area contributed by atoms with Crippen LogP contribution in [-0.4, -0.2) is 5.78 Å². The first-order chi connectivity index (χ1) is 7.86. The number of benzene rings is 1. The monoisotopic (exact) mass is 210 g/mol. The van der Waals surface area contributed by atoms with E-state index in [0.717, 1.165) is 30.4 Å². The van der Waals surface area contributed by atoms with Crippen molar-refractivity contribution in [2.45, 2.75) is 25.7 Å². The molecule has 0 spiro atoms. The van der Waals surface area contributed by atoms with Crippen molar-refractivity contribution in [3.63, 3.8) is 0 Å². The van der Waals surface area contributed by atoms with E-state index in [1.165, 1.54) is 6.42 Å². The maximum absolute atomic E-state index is 11.7. The summed E-state index contributed by atoms with van der Waals surface area (Å²) in [6.07, 6.45) is 6.26. The SMILES string of the molecule is O=C(C#Cc1ccccc1)C1=CCCCC1. The molecular weight excluding hydrogens is 196 g/mol. The Balaban J connectivity index is 2.08. The van der Waals surface area contributed by atoms with E-state index < -0.39 is 0 Å². The molecular formula is C15H14O. The quantitative estimate of drug-likeness (QED) is 0.651. The Bertz CT molecular complexity index is 457. The van der Waals surface area contributed by atoms with Crippen molar-refractivity contribution in [2.24, 2.45) is 0 Å². The summed E-state index contributed by atoms with van der Waals surface area (Å²) < 4.78 is 0. The summed E-state index contributed by atoms with van der Waals surface area (Å²) >= 11 is 0. The lowest BCUT2D eigenvalue weighted by Gasteiger charge is -2.07. The van der Waals surface area contributed by atoms with E-state index in [2.05, 4.69) is 11.8 Å². The van der Waals surface area contributed by atoms with Crippen molar-refractivity contribution in [1.82, 2.24) is 0 Å². The molecule has 0 amide bonds. The fraction of sp³-hybridized carbons (Fsp3) is 0.267. The first-order valence-electron chi connectivity index (χ1n) is 5.67. The third kappa shape index (κ3) is 2.84. The average Bonchev–Trinajstić information content (AvgIpc) is 2.38. The maximum Gasteiger partial charge on any atom is 0.231 e. The lowest BCUT2D eigenvalue weighted by molar-refractivity contribution is -0.110. The van der Waals surface area contributed by atoms with E-state index >= 15 is 0 Å². The van der Waals surface area contributed by atoms with Gasteiger partial charge < -0.3 is 0 Å². The molecule has 2 rings (SSSR count). The number of allylic oxidation sites excluding steroid dienone is 2. The predicted molar refractivity (Wildman–Crippen MR) is 64.9 cm³/mol. The molecule has 0 atom stereocenters. The zero-order valence-corrected chi connectivity index (χ0v) is 9.20. The van der Waals surface area contributed by atoms with Crippen LogP contribution in [0.2, 0.25) is 0 Å². The molecule has 0 heterocycles. The molecule has 1 aliphatic carbocycles. The van der Waals surface area contributed by atoms with Gasteiger partial charge in [0.05, 0.1) is 0 Å². The number of rotatable bonds is 1. The molecule has 0 radical (unpaired) electrons. The van der Waals surface area contributed by atoms with Crippen molar-refractivity contribution in [2.75, 3.05) is 0 Å². The molecule has 0 aliphatic heterocycles. The molecule has 1 aromatic rings. The first kappa shape index (κ1) is 10.7. The molecule has 0 saturated heterocycles. The molecule has 1 heteroatoms. The third-order valence-corrected chi connectivity index (χ3v) is 2.68. The topological polar surface area (TPSA) is 17.1 Å². The van der Waals surface area contributed by atoms with Crippen LogP contribution in [0.5, 0.6) is 0 Å². The minimum Gasteiger partial charge on any atom is -0.280 e. The Morgan fingerprint density at radius 2 is 1.94 bits per heavy atom. The molecule has 0 unspecified atom stereocenters. The number of hydrogen-bond acceptors (Lipinski definition) is 1. The highest BCUT2D eigenvalue weighted by Gasteiger charge is 2.09. The zero-order chi connectivity index (χ0) is 11.2. The van der Waals surface area contributed by atoms with Gasteiger partial charge in [-0.25, -0.2) is 0 Å². The maximum atomic E-state index is 11.7. The van der Waals surface area contributed by atoms with Gasteiger partial charge >= 0.3 is 0 Å². The highest BCUT2D eigenvalue weighted by Crippen LogP contribution is 2.17. The standard InChI is InChI=1S/C15H14O/c16-15(14-9-5-2-6-10-14)12-11-13-7-3-1-4-8-13/h1,3-4,7-9H,2,5-6,10H2. The average molecular weight is 210 g/mol. The molecule has 0 N–H and O–H groups in total. The van der Waals surface area contributed by atoms with Crippen molar-refractivity contribution in [1.29, 1.82) is 0 Å². The molecule has 1 aromatic carbocycles. The molecule has 1 aliphatic rings. The Morgan fingerprint density at radius 3 is 2.62 bits per heavy atom. The molecule has 0 fully saturated rings. The van der Waals surface area contributed by atoms with Crippen LogP contribution in [-0.2, 0) is 4.79 Å². The van der Waals surface area contributed by atoms with Gasteiger partial charge in [-0.05, 0) is 43.7 Å². The Morgan fingerprint density at radius 1 is 1.12 bits per heavy atom. The van der Waals surface area contributed by atoms with E-state index in [1.807, 2.05) is 36.4 Å². The summed E-state index contributed by atoms with van der Waals surface area (Å²) in [6.45, 7) is 0. The lowest BCUT2D eigenvalue weighted by Crippen LogP contribution is -2.02. The summed E-state index contributed by atoms with van der Waals surface area (Å²) in [4.78, 5) is 11.7. The van der Waals surface area contributed by atoms with Gasteiger partial charge in [-0.15, -0.1) is 0 Å². The number of ketones is 1. The van der Waals surface area contributed by atoms with Crippen molar-refractivity contribution >= 4 is 5.78 Å². The van der Waals surface area contributed by atoms with Gasteiger partial charge in [-0.2, -0.15) is 0 Å². The van der Waals surface area contributed by atoms with Crippen LogP contribution in [0.3, 0.4) is 0 Å². The second-order valence-electron chi connectivity index (χ2n) is 3.92. The van der Waals surface area contributed by atoms with Gasteiger partial charge in [-0.3, -0.25) is 4.79 Å². The number of carbonyl (C=O) groups excluding carboxylic acids is 1. The summed E-state index contributed by atoms with van der Waals surface area (Å²) in [5.74, 6) is 5.60. The minimum atomic E-state index is -0.0106. The highest BCUT2D eigenvalue weighted by atomic mass is 16.1. The van der Waals surface area contributed by atoms with Crippen molar-refractivity contribution in [3.05, 3.63) is 47.5 Å². The largest absolute Gasteiger partial charge is 0.280 e. The number of hydrogen-bond donors (Lipinski definition) is 0. The number of Topliss-reactive ketones (excluding diaryl/α,β-unsaturated/α-hetero) is 1. The normalized spacial score (nSPS) is 14.6. The van der Waals surface area contributed by atoms with Crippen LogP contribution in [0.1, 0.15) is 31.2 Å². The molecule has 0 saturated carbocycles. The fourth-order valence-electron chi connectivity index (χ4n) is 1.78. The van der Waals surface area contributed by atoms with Gasteiger partial charge in [0.2, 0.25) is 5.78 Å². The second kappa shape index (κ2) is 5.32. The molecule has 16 heavy (non-hydrogen) atoms.